The van der Waals surface area contributed by atoms with E-state index in [0.29, 0.717) is 11.3 Å². The minimum absolute atomic E-state index is 0.0547. The smallest absolute Gasteiger partial charge is 0.271 e. The minimum Gasteiger partial charge on any atom is -0.497 e. The number of hydrogen-bond acceptors (Lipinski definition) is 3. The van der Waals surface area contributed by atoms with Gasteiger partial charge in [0.25, 0.3) is 5.91 Å². The summed E-state index contributed by atoms with van der Waals surface area (Å²) in [6.45, 7) is 0. The van der Waals surface area contributed by atoms with Gasteiger partial charge < -0.3 is 4.74 Å². The molecular weight excluding hydrogens is 278 g/mol. The fourth-order valence-corrected chi connectivity index (χ4v) is 1.60. The first-order valence-electron chi connectivity index (χ1n) is 6.02. The van der Waals surface area contributed by atoms with Gasteiger partial charge in [-0.2, -0.15) is 5.10 Å². The second-order valence-electron chi connectivity index (χ2n) is 4.10. The SMILES string of the molecule is COc1cccc(C(=O)NN=Cc2cc(F)ccc2F)c1. The first-order chi connectivity index (χ1) is 10.1. The van der Waals surface area contributed by atoms with E-state index < -0.39 is 17.5 Å². The number of nitrogens with one attached hydrogen (secondary N) is 1. The van der Waals surface area contributed by atoms with Crippen molar-refractivity contribution < 1.29 is 18.3 Å². The lowest BCUT2D eigenvalue weighted by molar-refractivity contribution is 0.0955. The molecule has 0 aliphatic heterocycles. The molecule has 0 heterocycles. The maximum absolute atomic E-state index is 13.3. The summed E-state index contributed by atoms with van der Waals surface area (Å²) in [7, 11) is 1.49. The quantitative estimate of drug-likeness (QED) is 0.695. The Morgan fingerprint density at radius 1 is 1.24 bits per heavy atom. The number of ether oxygens (including phenoxy) is 1. The number of rotatable bonds is 4. The van der Waals surface area contributed by atoms with Crippen molar-refractivity contribution in [1.29, 1.82) is 0 Å². The normalized spacial score (nSPS) is 10.6. The highest BCUT2D eigenvalue weighted by molar-refractivity contribution is 5.95. The van der Waals surface area contributed by atoms with Crippen LogP contribution in [0.3, 0.4) is 0 Å². The van der Waals surface area contributed by atoms with Crippen molar-refractivity contribution in [3.63, 3.8) is 0 Å². The van der Waals surface area contributed by atoms with Crippen LogP contribution in [0.1, 0.15) is 15.9 Å². The van der Waals surface area contributed by atoms with Gasteiger partial charge >= 0.3 is 0 Å². The predicted molar refractivity (Wildman–Crippen MR) is 74.4 cm³/mol. The van der Waals surface area contributed by atoms with Crippen LogP contribution in [0.5, 0.6) is 5.75 Å². The van der Waals surface area contributed by atoms with Crippen LogP contribution in [0.2, 0.25) is 0 Å². The zero-order chi connectivity index (χ0) is 15.2. The molecule has 0 aliphatic rings. The molecule has 0 saturated heterocycles. The summed E-state index contributed by atoms with van der Waals surface area (Å²) in [6.07, 6.45) is 1.04. The molecule has 2 rings (SSSR count). The van der Waals surface area contributed by atoms with E-state index in [-0.39, 0.29) is 5.56 Å². The third kappa shape index (κ3) is 3.85. The van der Waals surface area contributed by atoms with Gasteiger partial charge in [0.1, 0.15) is 17.4 Å². The van der Waals surface area contributed by atoms with Crippen LogP contribution in [0.25, 0.3) is 0 Å². The Labute approximate surface area is 120 Å². The van der Waals surface area contributed by atoms with Gasteiger partial charge in [0.2, 0.25) is 0 Å². The van der Waals surface area contributed by atoms with Crippen molar-refractivity contribution >= 4 is 12.1 Å². The second kappa shape index (κ2) is 6.60. The van der Waals surface area contributed by atoms with Crippen LogP contribution in [0.15, 0.2) is 47.6 Å². The lowest BCUT2D eigenvalue weighted by Crippen LogP contribution is -2.17. The van der Waals surface area contributed by atoms with Crippen molar-refractivity contribution in [1.82, 2.24) is 5.43 Å². The Morgan fingerprint density at radius 2 is 2.05 bits per heavy atom. The van der Waals surface area contributed by atoms with Crippen LogP contribution in [0.4, 0.5) is 8.78 Å². The van der Waals surface area contributed by atoms with E-state index in [4.69, 9.17) is 4.74 Å². The summed E-state index contributed by atoms with van der Waals surface area (Å²) in [5.74, 6) is -1.17. The molecule has 4 nitrogen and oxygen atoms in total. The molecule has 2 aromatic carbocycles. The highest BCUT2D eigenvalue weighted by Gasteiger charge is 2.05. The Kier molecular flexibility index (Phi) is 4.61. The molecular formula is C15H12F2N2O2. The average molecular weight is 290 g/mol. The number of carbonyl (C=O) groups excluding carboxylic acids is 1. The molecule has 1 amide bonds. The molecule has 1 N–H and O–H groups in total. The van der Waals surface area contributed by atoms with E-state index in [1.807, 2.05) is 0 Å². The maximum atomic E-state index is 13.3. The largest absolute Gasteiger partial charge is 0.497 e. The van der Waals surface area contributed by atoms with E-state index in [2.05, 4.69) is 10.5 Å². The monoisotopic (exact) mass is 290 g/mol. The molecule has 0 unspecified atom stereocenters. The number of carbonyl (C=O) groups is 1. The average Bonchev–Trinajstić information content (AvgIpc) is 2.50. The first-order valence-corrected chi connectivity index (χ1v) is 6.02. The van der Waals surface area contributed by atoms with Crippen LogP contribution in [-0.2, 0) is 0 Å². The van der Waals surface area contributed by atoms with Gasteiger partial charge in [-0.1, -0.05) is 6.07 Å². The lowest BCUT2D eigenvalue weighted by Gasteiger charge is -2.03. The zero-order valence-corrected chi connectivity index (χ0v) is 11.1. The van der Waals surface area contributed by atoms with Gasteiger partial charge in [-0.05, 0) is 36.4 Å². The second-order valence-corrected chi connectivity index (χ2v) is 4.10. The van der Waals surface area contributed by atoms with Gasteiger partial charge in [-0.25, -0.2) is 14.2 Å². The van der Waals surface area contributed by atoms with Crippen molar-refractivity contribution in [2.75, 3.05) is 7.11 Å². The Hall–Kier alpha value is -2.76. The highest BCUT2D eigenvalue weighted by Crippen LogP contribution is 2.12. The van der Waals surface area contributed by atoms with Gasteiger partial charge in [0.05, 0.1) is 13.3 Å². The Bertz CT molecular complexity index is 687. The highest BCUT2D eigenvalue weighted by atomic mass is 19.1. The molecule has 0 saturated carbocycles. The standard InChI is InChI=1S/C15H12F2N2O2/c1-21-13-4-2-3-10(8-13)15(20)19-18-9-11-7-12(16)5-6-14(11)17/h2-9H,1H3,(H,19,20). The van der Waals surface area contributed by atoms with Crippen LogP contribution in [0, 0.1) is 11.6 Å². The van der Waals surface area contributed by atoms with E-state index in [1.54, 1.807) is 18.2 Å². The summed E-state index contributed by atoms with van der Waals surface area (Å²) >= 11 is 0. The number of amides is 1. The molecule has 2 aromatic rings. The van der Waals surface area contributed by atoms with E-state index in [9.17, 15) is 13.6 Å². The molecule has 0 bridgehead atoms. The topological polar surface area (TPSA) is 50.7 Å². The number of nitrogens with zero attached hydrogens (tertiary/aromatic N) is 1. The molecule has 108 valence electrons. The Morgan fingerprint density at radius 3 is 2.81 bits per heavy atom. The maximum Gasteiger partial charge on any atom is 0.271 e. The van der Waals surface area contributed by atoms with E-state index in [0.717, 1.165) is 24.4 Å². The fourth-order valence-electron chi connectivity index (χ4n) is 1.60. The number of methoxy groups -OCH3 is 1. The number of hydrogen-bond donors (Lipinski definition) is 1. The van der Waals surface area contributed by atoms with Gasteiger partial charge in [-0.3, -0.25) is 4.79 Å². The molecule has 0 spiro atoms. The number of benzene rings is 2. The molecule has 0 aromatic heterocycles. The van der Waals surface area contributed by atoms with Crippen molar-refractivity contribution in [3.8, 4) is 5.75 Å². The molecule has 0 radical (unpaired) electrons. The molecule has 21 heavy (non-hydrogen) atoms. The third-order valence-electron chi connectivity index (χ3n) is 2.66. The van der Waals surface area contributed by atoms with Gasteiger partial charge in [0.15, 0.2) is 0 Å². The van der Waals surface area contributed by atoms with E-state index in [1.165, 1.54) is 13.2 Å². The summed E-state index contributed by atoms with van der Waals surface area (Å²) in [5.41, 5.74) is 2.52. The van der Waals surface area contributed by atoms with Crippen molar-refractivity contribution in [2.24, 2.45) is 5.10 Å². The van der Waals surface area contributed by atoms with Crippen LogP contribution < -0.4 is 10.2 Å². The van der Waals surface area contributed by atoms with Crippen LogP contribution in [-0.4, -0.2) is 19.2 Å². The summed E-state index contributed by atoms with van der Waals surface area (Å²) < 4.78 is 31.3. The molecule has 0 aliphatic carbocycles. The van der Waals surface area contributed by atoms with E-state index >= 15 is 0 Å². The van der Waals surface area contributed by atoms with Crippen LogP contribution >= 0.6 is 0 Å². The predicted octanol–water partition coefficient (Wildman–Crippen LogP) is 2.74. The fraction of sp³-hybridized carbons (Fsp3) is 0.0667. The number of halogens is 2. The Balaban J connectivity index is 2.06. The van der Waals surface area contributed by atoms with Gasteiger partial charge in [-0.15, -0.1) is 0 Å². The summed E-state index contributed by atoms with van der Waals surface area (Å²) in [5, 5.41) is 3.60. The first kappa shape index (κ1) is 14.6. The minimum atomic E-state index is -0.629. The molecule has 0 atom stereocenters. The zero-order valence-electron chi connectivity index (χ0n) is 11.1. The van der Waals surface area contributed by atoms with Crippen molar-refractivity contribution in [2.45, 2.75) is 0 Å². The summed E-state index contributed by atoms with van der Waals surface area (Å²) in [6, 6.07) is 9.44. The lowest BCUT2D eigenvalue weighted by atomic mass is 10.2. The number of hydrazone groups is 1. The molecule has 0 fully saturated rings. The third-order valence-corrected chi connectivity index (χ3v) is 2.66. The summed E-state index contributed by atoms with van der Waals surface area (Å²) in [4.78, 5) is 11.8. The molecule has 6 heteroatoms. The van der Waals surface area contributed by atoms with Crippen molar-refractivity contribution in [3.05, 3.63) is 65.2 Å². The van der Waals surface area contributed by atoms with Gasteiger partial charge in [0, 0.05) is 11.1 Å².